The summed E-state index contributed by atoms with van der Waals surface area (Å²) in [7, 11) is 0. The van der Waals surface area contributed by atoms with Gasteiger partial charge in [0.25, 0.3) is 0 Å². The molecule has 0 saturated carbocycles. The molecule has 1 N–H and O–H groups in total. The molecule has 0 spiro atoms. The molecule has 4 nitrogen and oxygen atoms in total. The molecule has 3 aromatic carbocycles. The number of carbonyl (C=O) groups is 1. The van der Waals surface area contributed by atoms with E-state index in [2.05, 4.69) is 29.6 Å². The summed E-state index contributed by atoms with van der Waals surface area (Å²) in [6.07, 6.45) is 0. The van der Waals surface area contributed by atoms with Gasteiger partial charge in [0.1, 0.15) is 0 Å². The van der Waals surface area contributed by atoms with E-state index in [9.17, 15) is 4.79 Å². The van der Waals surface area contributed by atoms with Gasteiger partial charge in [0.05, 0.1) is 5.75 Å². The minimum Gasteiger partial charge on any atom is -0.454 e. The van der Waals surface area contributed by atoms with E-state index in [0.29, 0.717) is 22.9 Å². The van der Waals surface area contributed by atoms with Crippen molar-refractivity contribution in [3.63, 3.8) is 0 Å². The average Bonchev–Trinajstić information content (AvgIpc) is 3.07. The highest BCUT2D eigenvalue weighted by Gasteiger charge is 2.14. The molecule has 0 radical (unpaired) electrons. The summed E-state index contributed by atoms with van der Waals surface area (Å²) in [6, 6.07) is 19.8. The van der Waals surface area contributed by atoms with Crippen LogP contribution in [0.5, 0.6) is 11.5 Å². The molecule has 0 bridgehead atoms. The molecular formula is C19H15NO3S. The van der Waals surface area contributed by atoms with Crippen LogP contribution in [0.1, 0.15) is 0 Å². The van der Waals surface area contributed by atoms with Crippen LogP contribution in [0.15, 0.2) is 65.6 Å². The Morgan fingerprint density at radius 1 is 0.958 bits per heavy atom. The topological polar surface area (TPSA) is 47.6 Å². The smallest absolute Gasteiger partial charge is 0.234 e. The second kappa shape index (κ2) is 6.45. The summed E-state index contributed by atoms with van der Waals surface area (Å²) in [5.74, 6) is 1.67. The molecule has 24 heavy (non-hydrogen) atoms. The molecule has 5 heteroatoms. The Bertz CT molecular complexity index is 910. The minimum atomic E-state index is -0.0491. The number of hydrogen-bond acceptors (Lipinski definition) is 4. The van der Waals surface area contributed by atoms with Gasteiger partial charge in [-0.15, -0.1) is 11.8 Å². The first-order chi connectivity index (χ1) is 11.8. The lowest BCUT2D eigenvalue weighted by molar-refractivity contribution is -0.113. The van der Waals surface area contributed by atoms with E-state index in [1.165, 1.54) is 22.5 Å². The van der Waals surface area contributed by atoms with E-state index >= 15 is 0 Å². The predicted molar refractivity (Wildman–Crippen MR) is 95.9 cm³/mol. The molecular weight excluding hydrogens is 322 g/mol. The summed E-state index contributed by atoms with van der Waals surface area (Å²) in [6.45, 7) is 0.227. The Labute approximate surface area is 143 Å². The van der Waals surface area contributed by atoms with Gasteiger partial charge in [-0.25, -0.2) is 0 Å². The Balaban J connectivity index is 1.39. The summed E-state index contributed by atoms with van der Waals surface area (Å²) in [5.41, 5.74) is 0.711. The Kier molecular flexibility index (Phi) is 4.01. The van der Waals surface area contributed by atoms with Gasteiger partial charge >= 0.3 is 0 Å². The highest BCUT2D eigenvalue weighted by Crippen LogP contribution is 2.34. The first-order valence-corrected chi connectivity index (χ1v) is 8.58. The van der Waals surface area contributed by atoms with E-state index < -0.39 is 0 Å². The standard InChI is InChI=1S/C19H15NO3S/c21-19(20-15-6-8-17-18(10-15)23-12-22-17)11-24-16-7-5-13-3-1-2-4-14(13)9-16/h1-10H,11-12H2,(H,20,21). The molecule has 0 unspecified atom stereocenters. The van der Waals surface area contributed by atoms with Gasteiger partial charge in [-0.1, -0.05) is 30.3 Å². The van der Waals surface area contributed by atoms with Crippen molar-refractivity contribution in [1.82, 2.24) is 0 Å². The van der Waals surface area contributed by atoms with Crippen LogP contribution in [0, 0.1) is 0 Å². The second-order valence-electron chi connectivity index (χ2n) is 5.41. The largest absolute Gasteiger partial charge is 0.454 e. The minimum absolute atomic E-state index is 0.0491. The van der Waals surface area contributed by atoms with E-state index in [0.717, 1.165) is 4.90 Å². The normalized spacial score (nSPS) is 12.3. The van der Waals surface area contributed by atoms with Gasteiger partial charge in [-0.2, -0.15) is 0 Å². The molecule has 0 fully saturated rings. The third-order valence-electron chi connectivity index (χ3n) is 3.75. The molecule has 0 aromatic heterocycles. The maximum Gasteiger partial charge on any atom is 0.234 e. The van der Waals surface area contributed by atoms with Gasteiger partial charge in [0.2, 0.25) is 12.7 Å². The molecule has 0 atom stereocenters. The average molecular weight is 337 g/mol. The number of anilines is 1. The highest BCUT2D eigenvalue weighted by molar-refractivity contribution is 8.00. The molecule has 1 aliphatic rings. The van der Waals surface area contributed by atoms with Crippen molar-refractivity contribution in [2.45, 2.75) is 4.90 Å². The molecule has 3 aromatic rings. The summed E-state index contributed by atoms with van der Waals surface area (Å²) in [4.78, 5) is 13.2. The molecule has 0 saturated heterocycles. The maximum absolute atomic E-state index is 12.1. The molecule has 4 rings (SSSR count). The second-order valence-corrected chi connectivity index (χ2v) is 6.46. The highest BCUT2D eigenvalue weighted by atomic mass is 32.2. The van der Waals surface area contributed by atoms with Crippen LogP contribution in [0.4, 0.5) is 5.69 Å². The number of ether oxygens (including phenoxy) is 2. The summed E-state index contributed by atoms with van der Waals surface area (Å²) in [5, 5.41) is 5.26. The van der Waals surface area contributed by atoms with Crippen molar-refractivity contribution in [3.8, 4) is 11.5 Å². The third-order valence-corrected chi connectivity index (χ3v) is 4.74. The zero-order valence-electron chi connectivity index (χ0n) is 12.8. The number of hydrogen-bond donors (Lipinski definition) is 1. The van der Waals surface area contributed by atoms with Crippen molar-refractivity contribution < 1.29 is 14.3 Å². The van der Waals surface area contributed by atoms with Gasteiger partial charge in [0.15, 0.2) is 11.5 Å². The van der Waals surface area contributed by atoms with Crippen LogP contribution in [0.2, 0.25) is 0 Å². The van der Waals surface area contributed by atoms with E-state index in [1.807, 2.05) is 24.3 Å². The number of thioether (sulfide) groups is 1. The van der Waals surface area contributed by atoms with Gasteiger partial charge in [0, 0.05) is 16.6 Å². The number of nitrogens with one attached hydrogen (secondary N) is 1. The Hall–Kier alpha value is -2.66. The fraction of sp³-hybridized carbons (Fsp3) is 0.105. The van der Waals surface area contributed by atoms with E-state index in [-0.39, 0.29) is 12.7 Å². The third kappa shape index (κ3) is 3.16. The molecule has 1 aliphatic heterocycles. The van der Waals surface area contributed by atoms with E-state index in [1.54, 1.807) is 12.1 Å². The lowest BCUT2D eigenvalue weighted by Crippen LogP contribution is -2.13. The zero-order valence-corrected chi connectivity index (χ0v) is 13.6. The predicted octanol–water partition coefficient (Wildman–Crippen LogP) is 4.30. The van der Waals surface area contributed by atoms with Gasteiger partial charge in [-0.05, 0) is 35.0 Å². The Morgan fingerprint density at radius 3 is 2.71 bits per heavy atom. The number of benzene rings is 3. The number of rotatable bonds is 4. The summed E-state index contributed by atoms with van der Waals surface area (Å²) >= 11 is 1.52. The van der Waals surface area contributed by atoms with Crippen molar-refractivity contribution in [3.05, 3.63) is 60.7 Å². The fourth-order valence-corrected chi connectivity index (χ4v) is 3.32. The van der Waals surface area contributed by atoms with Crippen molar-refractivity contribution in [2.24, 2.45) is 0 Å². The van der Waals surface area contributed by atoms with Crippen LogP contribution in [-0.2, 0) is 4.79 Å². The lowest BCUT2D eigenvalue weighted by atomic mass is 10.1. The van der Waals surface area contributed by atoms with Gasteiger partial charge < -0.3 is 14.8 Å². The molecule has 120 valence electrons. The monoisotopic (exact) mass is 337 g/mol. The quantitative estimate of drug-likeness (QED) is 0.721. The first kappa shape index (κ1) is 14.9. The lowest BCUT2D eigenvalue weighted by Gasteiger charge is -2.07. The van der Waals surface area contributed by atoms with Crippen LogP contribution < -0.4 is 14.8 Å². The van der Waals surface area contributed by atoms with Crippen molar-refractivity contribution >= 4 is 34.1 Å². The van der Waals surface area contributed by atoms with E-state index in [4.69, 9.17) is 9.47 Å². The van der Waals surface area contributed by atoms with Crippen molar-refractivity contribution in [2.75, 3.05) is 17.9 Å². The first-order valence-electron chi connectivity index (χ1n) is 7.59. The summed E-state index contributed by atoms with van der Waals surface area (Å²) < 4.78 is 10.6. The number of amides is 1. The SMILES string of the molecule is O=C(CSc1ccc2ccccc2c1)Nc1ccc2c(c1)OCO2. The molecule has 1 amide bonds. The number of carbonyl (C=O) groups excluding carboxylic acids is 1. The fourth-order valence-electron chi connectivity index (χ4n) is 2.58. The Morgan fingerprint density at radius 2 is 1.79 bits per heavy atom. The van der Waals surface area contributed by atoms with Crippen LogP contribution in [0.25, 0.3) is 10.8 Å². The van der Waals surface area contributed by atoms with Crippen LogP contribution in [-0.4, -0.2) is 18.5 Å². The molecule has 0 aliphatic carbocycles. The zero-order chi connectivity index (χ0) is 16.4. The van der Waals surface area contributed by atoms with Gasteiger partial charge in [-0.3, -0.25) is 4.79 Å². The van der Waals surface area contributed by atoms with Crippen molar-refractivity contribution in [1.29, 1.82) is 0 Å². The van der Waals surface area contributed by atoms with Crippen LogP contribution in [0.3, 0.4) is 0 Å². The maximum atomic E-state index is 12.1. The van der Waals surface area contributed by atoms with Crippen LogP contribution >= 0.6 is 11.8 Å². The molecule has 1 heterocycles. The number of fused-ring (bicyclic) bond motifs is 2.